The first-order valence-corrected chi connectivity index (χ1v) is 15.0. The fourth-order valence-electron chi connectivity index (χ4n) is 6.11. The van der Waals surface area contributed by atoms with Crippen molar-refractivity contribution in [3.8, 4) is 17.2 Å². The maximum Gasteiger partial charge on any atom is 0.326 e. The number of anilines is 2. The molecule has 0 spiro atoms. The highest BCUT2D eigenvalue weighted by Crippen LogP contribution is 2.33. The third-order valence-corrected chi connectivity index (χ3v) is 8.87. The second kappa shape index (κ2) is 12.9. The van der Waals surface area contributed by atoms with E-state index in [1.54, 1.807) is 42.4 Å². The third-order valence-electron chi connectivity index (χ3n) is 8.59. The molecule has 2 aliphatic heterocycles. The lowest BCUT2D eigenvalue weighted by Crippen LogP contribution is -2.60. The van der Waals surface area contributed by atoms with Crippen LogP contribution in [0, 0.1) is 11.3 Å². The third kappa shape index (κ3) is 6.13. The molecule has 3 aromatic rings. The molecule has 2 fully saturated rings. The molecule has 2 aromatic carbocycles. The van der Waals surface area contributed by atoms with Gasteiger partial charge < -0.3 is 14.6 Å². The van der Waals surface area contributed by atoms with Crippen LogP contribution in [-0.4, -0.2) is 72.4 Å². The number of nitriles is 1. The Morgan fingerprint density at radius 3 is 2.40 bits per heavy atom. The standard InChI is InChI=1S/C33H37ClN6O2/c1-3-40(32(42)37(2)31-30(34)20-28(22-36-31)27-8-6-7-26(19-27)21-35)33(24-41)13-17-38(18-14-33)23-25-9-11-29(12-10-25)39-15-4-5-16-39/h6-12,19-20,22,24H,3-5,13-18,23H2,1-2H3. The van der Waals surface area contributed by atoms with Crippen molar-refractivity contribution < 1.29 is 9.59 Å². The van der Waals surface area contributed by atoms with E-state index in [2.05, 4.69) is 45.1 Å². The maximum atomic E-state index is 13.8. The van der Waals surface area contributed by atoms with Crippen LogP contribution in [0.25, 0.3) is 11.1 Å². The van der Waals surface area contributed by atoms with Crippen molar-refractivity contribution in [1.29, 1.82) is 5.26 Å². The van der Waals surface area contributed by atoms with Gasteiger partial charge in [-0.25, -0.2) is 9.78 Å². The van der Waals surface area contributed by atoms with Crippen molar-refractivity contribution in [2.24, 2.45) is 0 Å². The van der Waals surface area contributed by atoms with E-state index in [4.69, 9.17) is 11.6 Å². The van der Waals surface area contributed by atoms with Crippen LogP contribution >= 0.6 is 11.6 Å². The van der Waals surface area contributed by atoms with E-state index in [0.717, 1.165) is 50.1 Å². The van der Waals surface area contributed by atoms with Gasteiger partial charge in [-0.05, 0) is 74.1 Å². The van der Waals surface area contributed by atoms with Crippen molar-refractivity contribution in [2.45, 2.75) is 44.7 Å². The van der Waals surface area contributed by atoms with Gasteiger partial charge in [0.2, 0.25) is 0 Å². The summed E-state index contributed by atoms with van der Waals surface area (Å²) in [5.41, 5.74) is 3.75. The molecule has 2 aliphatic rings. The predicted molar refractivity (Wildman–Crippen MR) is 167 cm³/mol. The van der Waals surface area contributed by atoms with E-state index in [0.29, 0.717) is 35.8 Å². The number of amides is 2. The van der Waals surface area contributed by atoms with Gasteiger partial charge in [0.1, 0.15) is 11.8 Å². The molecule has 3 heterocycles. The first kappa shape index (κ1) is 29.6. The highest BCUT2D eigenvalue weighted by Gasteiger charge is 2.43. The molecular formula is C33H37ClN6O2. The van der Waals surface area contributed by atoms with Crippen LogP contribution in [0.1, 0.15) is 43.7 Å². The van der Waals surface area contributed by atoms with Crippen LogP contribution in [-0.2, 0) is 11.3 Å². The summed E-state index contributed by atoms with van der Waals surface area (Å²) in [5.74, 6) is 0.316. The SMILES string of the molecule is CCN(C(=O)N(C)c1ncc(-c2cccc(C#N)c2)cc1Cl)C1(C=O)CCN(Cc2ccc(N3CCCC3)cc2)CC1. The molecule has 0 radical (unpaired) electrons. The van der Waals surface area contributed by atoms with Gasteiger partial charge in [-0.1, -0.05) is 35.9 Å². The van der Waals surface area contributed by atoms with Gasteiger partial charge in [-0.2, -0.15) is 5.26 Å². The number of likely N-dealkylation sites (tertiary alicyclic amines) is 1. The summed E-state index contributed by atoms with van der Waals surface area (Å²) in [6, 6.07) is 19.6. The van der Waals surface area contributed by atoms with Crippen LogP contribution in [0.15, 0.2) is 60.8 Å². The highest BCUT2D eigenvalue weighted by atomic mass is 35.5. The van der Waals surface area contributed by atoms with E-state index in [-0.39, 0.29) is 6.03 Å². The summed E-state index contributed by atoms with van der Waals surface area (Å²) in [6.45, 7) is 6.80. The number of likely N-dealkylation sites (N-methyl/N-ethyl adjacent to an activating group) is 1. The molecule has 0 atom stereocenters. The lowest BCUT2D eigenvalue weighted by Gasteiger charge is -2.46. The number of rotatable bonds is 8. The molecule has 0 unspecified atom stereocenters. The number of carbonyl (C=O) groups is 2. The van der Waals surface area contributed by atoms with Crippen LogP contribution in [0.4, 0.5) is 16.3 Å². The van der Waals surface area contributed by atoms with Gasteiger partial charge in [-0.3, -0.25) is 9.80 Å². The fourth-order valence-corrected chi connectivity index (χ4v) is 6.40. The quantitative estimate of drug-likeness (QED) is 0.303. The molecule has 2 saturated heterocycles. The fraction of sp³-hybridized carbons (Fsp3) is 0.394. The van der Waals surface area contributed by atoms with Crippen LogP contribution in [0.5, 0.6) is 0 Å². The number of hydrogen-bond acceptors (Lipinski definition) is 6. The molecule has 218 valence electrons. The number of carbonyl (C=O) groups excluding carboxylic acids is 2. The molecule has 0 aliphatic carbocycles. The number of benzene rings is 2. The number of piperidine rings is 1. The summed E-state index contributed by atoms with van der Waals surface area (Å²) >= 11 is 6.62. The number of hydrogen-bond donors (Lipinski definition) is 0. The van der Waals surface area contributed by atoms with Crippen LogP contribution < -0.4 is 9.80 Å². The Bertz CT molecular complexity index is 1460. The Labute approximate surface area is 253 Å². The van der Waals surface area contributed by atoms with Gasteiger partial charge in [0.15, 0.2) is 5.82 Å². The summed E-state index contributed by atoms with van der Waals surface area (Å²) in [6.07, 6.45) is 6.23. The molecule has 8 nitrogen and oxygen atoms in total. The molecule has 42 heavy (non-hydrogen) atoms. The van der Waals surface area contributed by atoms with Crippen molar-refractivity contribution in [1.82, 2.24) is 14.8 Å². The minimum atomic E-state index is -0.889. The summed E-state index contributed by atoms with van der Waals surface area (Å²) in [7, 11) is 1.63. The molecule has 5 rings (SSSR count). The number of aldehydes is 1. The molecular weight excluding hydrogens is 548 g/mol. The van der Waals surface area contributed by atoms with Crippen molar-refractivity contribution >= 4 is 35.4 Å². The molecule has 1 aromatic heterocycles. The van der Waals surface area contributed by atoms with E-state index in [1.165, 1.54) is 29.0 Å². The molecule has 0 saturated carbocycles. The van der Waals surface area contributed by atoms with E-state index < -0.39 is 5.54 Å². The smallest absolute Gasteiger partial charge is 0.326 e. The summed E-state index contributed by atoms with van der Waals surface area (Å²) in [4.78, 5) is 38.7. The minimum absolute atomic E-state index is 0.312. The van der Waals surface area contributed by atoms with Gasteiger partial charge in [0.25, 0.3) is 0 Å². The van der Waals surface area contributed by atoms with Crippen LogP contribution in [0.3, 0.4) is 0 Å². The highest BCUT2D eigenvalue weighted by molar-refractivity contribution is 6.33. The summed E-state index contributed by atoms with van der Waals surface area (Å²) < 4.78 is 0. The molecule has 0 bridgehead atoms. The second-order valence-electron chi connectivity index (χ2n) is 11.2. The normalized spacial score (nSPS) is 16.6. The minimum Gasteiger partial charge on any atom is -0.372 e. The lowest BCUT2D eigenvalue weighted by atomic mass is 9.87. The lowest BCUT2D eigenvalue weighted by molar-refractivity contribution is -0.119. The van der Waals surface area contributed by atoms with Crippen LogP contribution in [0.2, 0.25) is 5.02 Å². The first-order chi connectivity index (χ1) is 20.4. The topological polar surface area (TPSA) is 83.8 Å². The van der Waals surface area contributed by atoms with Gasteiger partial charge in [0.05, 0.1) is 16.7 Å². The zero-order valence-electron chi connectivity index (χ0n) is 24.3. The summed E-state index contributed by atoms with van der Waals surface area (Å²) in [5, 5.41) is 9.53. The monoisotopic (exact) mass is 584 g/mol. The average Bonchev–Trinajstić information content (AvgIpc) is 3.57. The zero-order chi connectivity index (χ0) is 29.7. The molecule has 0 N–H and O–H groups in total. The molecule has 2 amide bonds. The van der Waals surface area contributed by atoms with E-state index in [1.807, 2.05) is 13.0 Å². The number of aromatic nitrogens is 1. The Balaban J connectivity index is 1.24. The Morgan fingerprint density at radius 2 is 1.79 bits per heavy atom. The molecule has 9 heteroatoms. The Hall–Kier alpha value is -3.93. The predicted octanol–water partition coefficient (Wildman–Crippen LogP) is 5.99. The van der Waals surface area contributed by atoms with Gasteiger partial charge in [-0.15, -0.1) is 0 Å². The number of nitrogens with zero attached hydrogens (tertiary/aromatic N) is 6. The van der Waals surface area contributed by atoms with E-state index in [9.17, 15) is 14.9 Å². The second-order valence-corrected chi connectivity index (χ2v) is 11.6. The Kier molecular flexibility index (Phi) is 9.10. The first-order valence-electron chi connectivity index (χ1n) is 14.6. The van der Waals surface area contributed by atoms with Crippen molar-refractivity contribution in [3.05, 3.63) is 76.9 Å². The number of pyridine rings is 1. The Morgan fingerprint density at radius 1 is 1.07 bits per heavy atom. The number of halogens is 1. The van der Waals surface area contributed by atoms with Crippen molar-refractivity contribution in [3.63, 3.8) is 0 Å². The van der Waals surface area contributed by atoms with Gasteiger partial charge >= 0.3 is 6.03 Å². The average molecular weight is 585 g/mol. The largest absolute Gasteiger partial charge is 0.372 e. The maximum absolute atomic E-state index is 13.8. The van der Waals surface area contributed by atoms with E-state index >= 15 is 0 Å². The van der Waals surface area contributed by atoms with Gasteiger partial charge in [0, 0.05) is 63.8 Å². The van der Waals surface area contributed by atoms with Crippen molar-refractivity contribution in [2.75, 3.05) is 49.6 Å². The number of urea groups is 1. The zero-order valence-corrected chi connectivity index (χ0v) is 25.1.